The van der Waals surface area contributed by atoms with E-state index in [4.69, 9.17) is 23.2 Å². The first-order valence-electron chi connectivity index (χ1n) is 8.10. The highest BCUT2D eigenvalue weighted by Gasteiger charge is 2.39. The molecule has 0 spiro atoms. The van der Waals surface area contributed by atoms with Gasteiger partial charge in [-0.2, -0.15) is 0 Å². The average molecular weight is 400 g/mol. The third-order valence-electron chi connectivity index (χ3n) is 4.87. The van der Waals surface area contributed by atoms with Gasteiger partial charge in [-0.3, -0.25) is 0 Å². The van der Waals surface area contributed by atoms with Crippen molar-refractivity contribution in [3.63, 3.8) is 0 Å². The normalized spacial score (nSPS) is 24.0. The highest BCUT2D eigenvalue weighted by molar-refractivity contribution is 6.42. The van der Waals surface area contributed by atoms with Crippen LogP contribution in [0.4, 0.5) is 18.9 Å². The minimum absolute atomic E-state index is 0.00773. The molecule has 1 heterocycles. The van der Waals surface area contributed by atoms with Crippen LogP contribution in [0.1, 0.15) is 29.5 Å². The molecule has 136 valence electrons. The van der Waals surface area contributed by atoms with E-state index in [1.807, 2.05) is 18.2 Å². The van der Waals surface area contributed by atoms with E-state index in [2.05, 4.69) is 16.1 Å². The molecule has 1 aliphatic carbocycles. The molecule has 3 atom stereocenters. The van der Waals surface area contributed by atoms with E-state index in [1.54, 1.807) is 12.1 Å². The van der Waals surface area contributed by atoms with E-state index in [9.17, 15) is 13.2 Å². The maximum Gasteiger partial charge on any atom is 0.573 e. The lowest BCUT2D eigenvalue weighted by atomic mass is 9.77. The number of ether oxygens (including phenoxy) is 1. The summed E-state index contributed by atoms with van der Waals surface area (Å²) in [6, 6.07) is 9.93. The van der Waals surface area contributed by atoms with Gasteiger partial charge in [0.15, 0.2) is 0 Å². The van der Waals surface area contributed by atoms with Crippen molar-refractivity contribution >= 4 is 28.9 Å². The summed E-state index contributed by atoms with van der Waals surface area (Å²) in [6.45, 7) is 0. The third kappa shape index (κ3) is 3.26. The van der Waals surface area contributed by atoms with Crippen molar-refractivity contribution in [1.82, 2.24) is 0 Å². The lowest BCUT2D eigenvalue weighted by molar-refractivity contribution is -0.274. The number of allylic oxidation sites excluding steroid dienone is 2. The summed E-state index contributed by atoms with van der Waals surface area (Å²) >= 11 is 12.2. The summed E-state index contributed by atoms with van der Waals surface area (Å²) < 4.78 is 41.6. The van der Waals surface area contributed by atoms with Crippen molar-refractivity contribution in [3.05, 3.63) is 69.7 Å². The maximum absolute atomic E-state index is 12.5. The molecular weight excluding hydrogens is 386 g/mol. The molecule has 26 heavy (non-hydrogen) atoms. The first-order valence-corrected chi connectivity index (χ1v) is 8.85. The van der Waals surface area contributed by atoms with Gasteiger partial charge in [0.1, 0.15) is 5.75 Å². The van der Waals surface area contributed by atoms with Gasteiger partial charge in [0, 0.05) is 11.6 Å². The van der Waals surface area contributed by atoms with Crippen LogP contribution in [-0.4, -0.2) is 6.36 Å². The second-order valence-electron chi connectivity index (χ2n) is 6.45. The lowest BCUT2D eigenvalue weighted by Gasteiger charge is -2.37. The minimum atomic E-state index is -4.70. The number of hydrogen-bond acceptors (Lipinski definition) is 2. The lowest BCUT2D eigenvalue weighted by Crippen LogP contribution is -2.29. The zero-order valence-corrected chi connectivity index (χ0v) is 14.9. The largest absolute Gasteiger partial charge is 0.573 e. The Kier molecular flexibility index (Phi) is 4.32. The fourth-order valence-corrected chi connectivity index (χ4v) is 4.11. The van der Waals surface area contributed by atoms with Crippen LogP contribution in [0, 0.1) is 5.92 Å². The first kappa shape index (κ1) is 17.6. The summed E-state index contributed by atoms with van der Waals surface area (Å²) in [5, 5.41) is 4.41. The average Bonchev–Trinajstić information content (AvgIpc) is 3.05. The van der Waals surface area contributed by atoms with E-state index in [0.29, 0.717) is 10.0 Å². The quantitative estimate of drug-likeness (QED) is 0.565. The molecule has 7 heteroatoms. The Labute approximate surface area is 158 Å². The molecule has 2 aliphatic rings. The van der Waals surface area contributed by atoms with Crippen LogP contribution < -0.4 is 10.1 Å². The number of nitrogens with one attached hydrogen (secondary N) is 1. The summed E-state index contributed by atoms with van der Waals surface area (Å²) in [7, 11) is 0. The number of benzene rings is 2. The van der Waals surface area contributed by atoms with Crippen LogP contribution in [0.25, 0.3) is 0 Å². The predicted molar refractivity (Wildman–Crippen MR) is 95.9 cm³/mol. The van der Waals surface area contributed by atoms with Gasteiger partial charge in [-0.05, 0) is 53.8 Å². The zero-order valence-electron chi connectivity index (χ0n) is 13.4. The van der Waals surface area contributed by atoms with Crippen LogP contribution in [0.2, 0.25) is 10.0 Å². The molecule has 0 amide bonds. The van der Waals surface area contributed by atoms with Crippen molar-refractivity contribution in [2.75, 3.05) is 5.32 Å². The number of anilines is 1. The molecule has 0 fully saturated rings. The van der Waals surface area contributed by atoms with Crippen molar-refractivity contribution < 1.29 is 17.9 Å². The van der Waals surface area contributed by atoms with Gasteiger partial charge < -0.3 is 10.1 Å². The van der Waals surface area contributed by atoms with Crippen molar-refractivity contribution in [3.8, 4) is 5.75 Å². The number of halogens is 5. The molecule has 2 nitrogen and oxygen atoms in total. The topological polar surface area (TPSA) is 21.3 Å². The minimum Gasteiger partial charge on any atom is -0.406 e. The van der Waals surface area contributed by atoms with Crippen LogP contribution in [0.5, 0.6) is 5.75 Å². The Morgan fingerprint density at radius 2 is 1.85 bits per heavy atom. The van der Waals surface area contributed by atoms with Gasteiger partial charge in [0.05, 0.1) is 16.1 Å². The Bertz CT molecular complexity index is 882. The van der Waals surface area contributed by atoms with Crippen LogP contribution in [0.15, 0.2) is 48.6 Å². The number of hydrogen-bond donors (Lipinski definition) is 1. The van der Waals surface area contributed by atoms with Crippen molar-refractivity contribution in [2.45, 2.75) is 24.7 Å². The van der Waals surface area contributed by atoms with Gasteiger partial charge in [-0.1, -0.05) is 41.4 Å². The SMILES string of the molecule is FC(F)(F)Oc1ccc2c(c1)C1C=CCC1C(c1ccc(Cl)c(Cl)c1)N2. The Morgan fingerprint density at radius 3 is 2.58 bits per heavy atom. The number of rotatable bonds is 2. The van der Waals surface area contributed by atoms with Crippen LogP contribution >= 0.6 is 23.2 Å². The summed E-state index contributed by atoms with van der Waals surface area (Å²) in [5.41, 5.74) is 2.60. The second-order valence-corrected chi connectivity index (χ2v) is 7.26. The van der Waals surface area contributed by atoms with Gasteiger partial charge in [0.25, 0.3) is 0 Å². The summed E-state index contributed by atoms with van der Waals surface area (Å²) in [4.78, 5) is 0. The van der Waals surface area contributed by atoms with Gasteiger partial charge >= 0.3 is 6.36 Å². The van der Waals surface area contributed by atoms with E-state index < -0.39 is 6.36 Å². The van der Waals surface area contributed by atoms with Crippen molar-refractivity contribution in [1.29, 1.82) is 0 Å². The molecule has 2 aromatic carbocycles. The molecule has 1 N–H and O–H groups in total. The number of fused-ring (bicyclic) bond motifs is 3. The van der Waals surface area contributed by atoms with E-state index in [-0.39, 0.29) is 23.6 Å². The van der Waals surface area contributed by atoms with Gasteiger partial charge in [0.2, 0.25) is 0 Å². The molecular formula is C19H14Cl2F3NO. The van der Waals surface area contributed by atoms with E-state index >= 15 is 0 Å². The van der Waals surface area contributed by atoms with Crippen LogP contribution in [-0.2, 0) is 0 Å². The fourth-order valence-electron chi connectivity index (χ4n) is 3.81. The van der Waals surface area contributed by atoms with Crippen molar-refractivity contribution in [2.24, 2.45) is 5.92 Å². The molecule has 0 aromatic heterocycles. The predicted octanol–water partition coefficient (Wildman–Crippen LogP) is 6.72. The smallest absolute Gasteiger partial charge is 0.406 e. The molecule has 1 aliphatic heterocycles. The van der Waals surface area contributed by atoms with Gasteiger partial charge in [-0.25, -0.2) is 0 Å². The number of alkyl halides is 3. The van der Waals surface area contributed by atoms with Crippen LogP contribution in [0.3, 0.4) is 0 Å². The molecule has 2 aromatic rings. The second kappa shape index (κ2) is 6.39. The molecule has 0 bridgehead atoms. The monoisotopic (exact) mass is 399 g/mol. The zero-order chi connectivity index (χ0) is 18.5. The maximum atomic E-state index is 12.5. The Balaban J connectivity index is 1.71. The molecule has 0 saturated heterocycles. The summed E-state index contributed by atoms with van der Waals surface area (Å²) in [5.74, 6) is -0.00606. The van der Waals surface area contributed by atoms with E-state index in [0.717, 1.165) is 23.2 Å². The molecule has 0 radical (unpaired) electrons. The Hall–Kier alpha value is -1.85. The highest BCUT2D eigenvalue weighted by atomic mass is 35.5. The standard InChI is InChI=1S/C19H14Cl2F3NO/c20-15-6-4-10(8-16(15)21)18-13-3-1-2-12(13)14-9-11(26-19(22,23)24)5-7-17(14)25-18/h1-2,4-9,12-13,18,25H,3H2. The van der Waals surface area contributed by atoms with Gasteiger partial charge in [-0.15, -0.1) is 13.2 Å². The highest BCUT2D eigenvalue weighted by Crippen LogP contribution is 2.51. The summed E-state index contributed by atoms with van der Waals surface area (Å²) in [6.07, 6.45) is 0.233. The van der Waals surface area contributed by atoms with E-state index in [1.165, 1.54) is 12.1 Å². The Morgan fingerprint density at radius 1 is 1.04 bits per heavy atom. The molecule has 4 rings (SSSR count). The molecule has 3 unspecified atom stereocenters. The third-order valence-corrected chi connectivity index (χ3v) is 5.61. The fraction of sp³-hybridized carbons (Fsp3) is 0.263. The first-order chi connectivity index (χ1) is 12.3. The molecule has 0 saturated carbocycles.